The summed E-state index contributed by atoms with van der Waals surface area (Å²) in [7, 11) is 0. The van der Waals surface area contributed by atoms with Gasteiger partial charge in [-0.2, -0.15) is 0 Å². The maximum atomic E-state index is 12.9. The number of aryl methyl sites for hydroxylation is 1. The summed E-state index contributed by atoms with van der Waals surface area (Å²) in [4.78, 5) is 8.29. The normalized spacial score (nSPS) is 10.3. The summed E-state index contributed by atoms with van der Waals surface area (Å²) in [6.07, 6.45) is 3.27. The minimum absolute atomic E-state index is 0.237. The zero-order valence-electron chi connectivity index (χ0n) is 8.04. The van der Waals surface area contributed by atoms with Crippen molar-refractivity contribution in [1.82, 2.24) is 9.97 Å². The Morgan fingerprint density at radius 1 is 1.27 bits per heavy atom. The SMILES string of the molecule is Cc1cc(F)ccc1-c1cncc(Br)n1. The summed E-state index contributed by atoms with van der Waals surface area (Å²) in [6.45, 7) is 1.85. The Kier molecular flexibility index (Phi) is 2.77. The molecule has 0 spiro atoms. The molecule has 1 aromatic carbocycles. The monoisotopic (exact) mass is 266 g/mol. The number of nitrogens with zero attached hydrogens (tertiary/aromatic N) is 2. The van der Waals surface area contributed by atoms with Gasteiger partial charge in [0, 0.05) is 5.56 Å². The molecular weight excluding hydrogens is 259 g/mol. The number of halogens is 2. The second-order valence-corrected chi connectivity index (χ2v) is 4.00. The minimum Gasteiger partial charge on any atom is -0.260 e. The van der Waals surface area contributed by atoms with Gasteiger partial charge in [-0.05, 0) is 46.6 Å². The summed E-state index contributed by atoms with van der Waals surface area (Å²) in [5, 5.41) is 0. The number of hydrogen-bond acceptors (Lipinski definition) is 2. The lowest BCUT2D eigenvalue weighted by molar-refractivity contribution is 0.627. The van der Waals surface area contributed by atoms with Gasteiger partial charge in [0.1, 0.15) is 10.4 Å². The van der Waals surface area contributed by atoms with Crippen LogP contribution in [0.25, 0.3) is 11.3 Å². The van der Waals surface area contributed by atoms with Crippen LogP contribution >= 0.6 is 15.9 Å². The molecular formula is C11H8BrFN2. The smallest absolute Gasteiger partial charge is 0.125 e. The number of aromatic nitrogens is 2. The number of benzene rings is 1. The molecule has 0 N–H and O–H groups in total. The summed E-state index contributed by atoms with van der Waals surface area (Å²) < 4.78 is 13.6. The molecule has 0 atom stereocenters. The van der Waals surface area contributed by atoms with E-state index in [0.29, 0.717) is 4.60 Å². The molecule has 2 rings (SSSR count). The third-order valence-electron chi connectivity index (χ3n) is 2.07. The molecule has 0 bridgehead atoms. The predicted molar refractivity (Wildman–Crippen MR) is 59.9 cm³/mol. The fourth-order valence-electron chi connectivity index (χ4n) is 1.39. The van der Waals surface area contributed by atoms with Crippen molar-refractivity contribution in [2.24, 2.45) is 0 Å². The summed E-state index contributed by atoms with van der Waals surface area (Å²) in [5.74, 6) is -0.237. The minimum atomic E-state index is -0.237. The van der Waals surface area contributed by atoms with E-state index < -0.39 is 0 Å². The average molecular weight is 267 g/mol. The Bertz CT molecular complexity index is 500. The van der Waals surface area contributed by atoms with Crippen LogP contribution in [0.2, 0.25) is 0 Å². The molecule has 76 valence electrons. The van der Waals surface area contributed by atoms with E-state index >= 15 is 0 Å². The van der Waals surface area contributed by atoms with Crippen molar-refractivity contribution in [3.05, 3.63) is 46.6 Å². The highest BCUT2D eigenvalue weighted by atomic mass is 79.9. The second kappa shape index (κ2) is 4.06. The maximum absolute atomic E-state index is 12.9. The predicted octanol–water partition coefficient (Wildman–Crippen LogP) is 3.35. The van der Waals surface area contributed by atoms with Crippen molar-refractivity contribution in [2.75, 3.05) is 0 Å². The van der Waals surface area contributed by atoms with Gasteiger partial charge in [0.15, 0.2) is 0 Å². The Morgan fingerprint density at radius 2 is 2.07 bits per heavy atom. The van der Waals surface area contributed by atoms with E-state index in [0.717, 1.165) is 16.8 Å². The van der Waals surface area contributed by atoms with E-state index in [1.807, 2.05) is 6.92 Å². The molecule has 0 saturated carbocycles. The van der Waals surface area contributed by atoms with E-state index in [2.05, 4.69) is 25.9 Å². The zero-order chi connectivity index (χ0) is 10.8. The van der Waals surface area contributed by atoms with E-state index in [4.69, 9.17) is 0 Å². The van der Waals surface area contributed by atoms with Crippen molar-refractivity contribution in [3.63, 3.8) is 0 Å². The lowest BCUT2D eigenvalue weighted by Crippen LogP contribution is -1.90. The lowest BCUT2D eigenvalue weighted by Gasteiger charge is -2.04. The summed E-state index contributed by atoms with van der Waals surface area (Å²) >= 11 is 3.25. The first-order valence-electron chi connectivity index (χ1n) is 4.41. The lowest BCUT2D eigenvalue weighted by atomic mass is 10.1. The fraction of sp³-hybridized carbons (Fsp3) is 0.0909. The first-order valence-corrected chi connectivity index (χ1v) is 5.20. The fourth-order valence-corrected chi connectivity index (χ4v) is 1.70. The molecule has 0 amide bonds. The molecule has 0 aliphatic carbocycles. The van der Waals surface area contributed by atoms with Gasteiger partial charge in [-0.3, -0.25) is 4.98 Å². The van der Waals surface area contributed by atoms with Crippen LogP contribution in [0.15, 0.2) is 35.2 Å². The van der Waals surface area contributed by atoms with E-state index in [1.165, 1.54) is 12.1 Å². The van der Waals surface area contributed by atoms with Gasteiger partial charge in [0.2, 0.25) is 0 Å². The number of rotatable bonds is 1. The molecule has 0 unspecified atom stereocenters. The Balaban J connectivity index is 2.54. The van der Waals surface area contributed by atoms with Crippen LogP contribution in [0, 0.1) is 12.7 Å². The third kappa shape index (κ3) is 2.21. The van der Waals surface area contributed by atoms with E-state index in [-0.39, 0.29) is 5.82 Å². The molecule has 4 heteroatoms. The molecule has 0 saturated heterocycles. The maximum Gasteiger partial charge on any atom is 0.125 e. The second-order valence-electron chi connectivity index (χ2n) is 3.19. The van der Waals surface area contributed by atoms with Crippen molar-refractivity contribution in [3.8, 4) is 11.3 Å². The van der Waals surface area contributed by atoms with Crippen LogP contribution < -0.4 is 0 Å². The molecule has 0 aliphatic rings. The first kappa shape index (κ1) is 10.2. The Labute approximate surface area is 95.3 Å². The molecule has 0 fully saturated rings. The highest BCUT2D eigenvalue weighted by molar-refractivity contribution is 9.10. The van der Waals surface area contributed by atoms with Crippen LogP contribution in [-0.2, 0) is 0 Å². The van der Waals surface area contributed by atoms with Crippen molar-refractivity contribution >= 4 is 15.9 Å². The van der Waals surface area contributed by atoms with Crippen LogP contribution in [0.1, 0.15) is 5.56 Å². The van der Waals surface area contributed by atoms with Gasteiger partial charge in [-0.1, -0.05) is 0 Å². The van der Waals surface area contributed by atoms with Crippen LogP contribution in [-0.4, -0.2) is 9.97 Å². The summed E-state index contributed by atoms with van der Waals surface area (Å²) in [5.41, 5.74) is 2.48. The van der Waals surface area contributed by atoms with Gasteiger partial charge in [0.25, 0.3) is 0 Å². The van der Waals surface area contributed by atoms with Crippen molar-refractivity contribution < 1.29 is 4.39 Å². The third-order valence-corrected chi connectivity index (χ3v) is 2.45. The summed E-state index contributed by atoms with van der Waals surface area (Å²) in [6, 6.07) is 4.62. The average Bonchev–Trinajstić information content (AvgIpc) is 2.17. The zero-order valence-corrected chi connectivity index (χ0v) is 9.62. The molecule has 15 heavy (non-hydrogen) atoms. The van der Waals surface area contributed by atoms with E-state index in [1.54, 1.807) is 18.5 Å². The standard InChI is InChI=1S/C11H8BrFN2/c1-7-4-8(13)2-3-9(7)10-5-14-6-11(12)15-10/h2-6H,1H3. The largest absolute Gasteiger partial charge is 0.260 e. The van der Waals surface area contributed by atoms with Gasteiger partial charge in [-0.25, -0.2) is 9.37 Å². The van der Waals surface area contributed by atoms with Gasteiger partial charge in [-0.15, -0.1) is 0 Å². The molecule has 0 radical (unpaired) electrons. The number of hydrogen-bond donors (Lipinski definition) is 0. The van der Waals surface area contributed by atoms with Gasteiger partial charge >= 0.3 is 0 Å². The van der Waals surface area contributed by atoms with Gasteiger partial charge in [0.05, 0.1) is 18.1 Å². The Hall–Kier alpha value is -1.29. The molecule has 0 aliphatic heterocycles. The van der Waals surface area contributed by atoms with Gasteiger partial charge < -0.3 is 0 Å². The van der Waals surface area contributed by atoms with Crippen LogP contribution in [0.3, 0.4) is 0 Å². The molecule has 2 aromatic rings. The van der Waals surface area contributed by atoms with Crippen LogP contribution in [0.5, 0.6) is 0 Å². The molecule has 1 aromatic heterocycles. The molecule has 2 nitrogen and oxygen atoms in total. The highest BCUT2D eigenvalue weighted by Crippen LogP contribution is 2.22. The quantitative estimate of drug-likeness (QED) is 0.791. The van der Waals surface area contributed by atoms with Crippen molar-refractivity contribution in [2.45, 2.75) is 6.92 Å². The first-order chi connectivity index (χ1) is 7.16. The van der Waals surface area contributed by atoms with Crippen molar-refractivity contribution in [1.29, 1.82) is 0 Å². The molecule has 1 heterocycles. The topological polar surface area (TPSA) is 25.8 Å². The van der Waals surface area contributed by atoms with E-state index in [9.17, 15) is 4.39 Å². The highest BCUT2D eigenvalue weighted by Gasteiger charge is 2.05. The van der Waals surface area contributed by atoms with Crippen LogP contribution in [0.4, 0.5) is 4.39 Å². The Morgan fingerprint density at radius 3 is 2.73 bits per heavy atom.